The number of nitrogens with two attached hydrogens (primary N) is 1. The third-order valence-electron chi connectivity index (χ3n) is 3.81. The molecule has 1 aliphatic rings. The summed E-state index contributed by atoms with van der Waals surface area (Å²) in [6.07, 6.45) is 2.60. The van der Waals surface area contributed by atoms with Crippen LogP contribution in [0, 0.1) is 6.92 Å². The molecule has 1 aromatic heterocycles. The van der Waals surface area contributed by atoms with Gasteiger partial charge in [0.1, 0.15) is 5.82 Å². The van der Waals surface area contributed by atoms with Crippen LogP contribution in [0.2, 0.25) is 0 Å². The molecule has 102 valence electrons. The van der Waals surface area contributed by atoms with Crippen LogP contribution in [-0.2, 0) is 6.54 Å². The van der Waals surface area contributed by atoms with E-state index in [1.807, 2.05) is 0 Å². The summed E-state index contributed by atoms with van der Waals surface area (Å²) in [7, 11) is 2.10. The van der Waals surface area contributed by atoms with Gasteiger partial charge in [0.25, 0.3) is 0 Å². The van der Waals surface area contributed by atoms with Crippen molar-refractivity contribution in [3.05, 3.63) is 29.6 Å². The molecule has 3 rings (SSSR count). The van der Waals surface area contributed by atoms with Crippen LogP contribution in [0.15, 0.2) is 18.2 Å². The van der Waals surface area contributed by atoms with Crippen molar-refractivity contribution >= 4 is 11.0 Å². The van der Waals surface area contributed by atoms with Crippen molar-refractivity contribution in [1.29, 1.82) is 0 Å². The highest BCUT2D eigenvalue weighted by atomic mass is 15.1. The lowest BCUT2D eigenvalue weighted by Gasteiger charge is -2.15. The first-order chi connectivity index (χ1) is 9.19. The quantitative estimate of drug-likeness (QED) is 0.893. The van der Waals surface area contributed by atoms with Gasteiger partial charge in [0.05, 0.1) is 11.0 Å². The van der Waals surface area contributed by atoms with E-state index in [1.165, 1.54) is 23.9 Å². The lowest BCUT2D eigenvalue weighted by atomic mass is 10.2. The zero-order valence-electron chi connectivity index (χ0n) is 11.8. The molecule has 1 fully saturated rings. The van der Waals surface area contributed by atoms with Crippen LogP contribution in [0.4, 0.5) is 0 Å². The fourth-order valence-electron chi connectivity index (χ4n) is 2.77. The number of rotatable bonds is 5. The molecule has 1 heterocycles. The number of imidazole rings is 1. The molecule has 2 aromatic rings. The number of benzene rings is 1. The predicted molar refractivity (Wildman–Crippen MR) is 78.1 cm³/mol. The lowest BCUT2D eigenvalue weighted by Crippen LogP contribution is -2.24. The Balaban J connectivity index is 1.89. The molecule has 0 saturated heterocycles. The number of aryl methyl sites for hydroxylation is 1. The molecule has 0 bridgehead atoms. The Kier molecular flexibility index (Phi) is 3.29. The summed E-state index contributed by atoms with van der Waals surface area (Å²) >= 11 is 0. The third kappa shape index (κ3) is 2.51. The van der Waals surface area contributed by atoms with Crippen molar-refractivity contribution in [2.24, 2.45) is 5.73 Å². The molecular weight excluding hydrogens is 236 g/mol. The van der Waals surface area contributed by atoms with Gasteiger partial charge < -0.3 is 15.2 Å². The number of nitrogens with zero attached hydrogens (tertiary/aromatic N) is 3. The first-order valence-electron chi connectivity index (χ1n) is 7.05. The summed E-state index contributed by atoms with van der Waals surface area (Å²) in [6.45, 7) is 4.67. The number of hydrogen-bond acceptors (Lipinski definition) is 3. The average Bonchev–Trinajstić information content (AvgIpc) is 3.12. The van der Waals surface area contributed by atoms with Gasteiger partial charge in [0.15, 0.2) is 0 Å². The zero-order valence-corrected chi connectivity index (χ0v) is 11.8. The first kappa shape index (κ1) is 12.6. The second-order valence-corrected chi connectivity index (χ2v) is 5.61. The highest BCUT2D eigenvalue weighted by molar-refractivity contribution is 5.77. The predicted octanol–water partition coefficient (Wildman–Crippen LogP) is 2.07. The largest absolute Gasteiger partial charge is 0.329 e. The van der Waals surface area contributed by atoms with E-state index in [4.69, 9.17) is 10.7 Å². The van der Waals surface area contributed by atoms with Crippen LogP contribution >= 0.6 is 0 Å². The van der Waals surface area contributed by atoms with Gasteiger partial charge in [0.2, 0.25) is 0 Å². The second-order valence-electron chi connectivity index (χ2n) is 5.61. The van der Waals surface area contributed by atoms with Gasteiger partial charge in [0, 0.05) is 25.7 Å². The van der Waals surface area contributed by atoms with Gasteiger partial charge in [-0.05, 0) is 44.5 Å². The van der Waals surface area contributed by atoms with Gasteiger partial charge in [-0.2, -0.15) is 0 Å². The molecule has 19 heavy (non-hydrogen) atoms. The number of aromatic nitrogens is 2. The highest BCUT2D eigenvalue weighted by Gasteiger charge is 2.26. The smallest absolute Gasteiger partial charge is 0.106 e. The molecule has 4 heteroatoms. The van der Waals surface area contributed by atoms with E-state index in [-0.39, 0.29) is 0 Å². The molecule has 0 unspecified atom stereocenters. The van der Waals surface area contributed by atoms with Crippen LogP contribution in [0.1, 0.15) is 30.3 Å². The van der Waals surface area contributed by atoms with E-state index < -0.39 is 0 Å². The van der Waals surface area contributed by atoms with Crippen molar-refractivity contribution in [3.63, 3.8) is 0 Å². The molecule has 1 aromatic carbocycles. The summed E-state index contributed by atoms with van der Waals surface area (Å²) in [5, 5.41) is 0. The molecule has 0 radical (unpaired) electrons. The van der Waals surface area contributed by atoms with Gasteiger partial charge in [-0.3, -0.25) is 0 Å². The van der Waals surface area contributed by atoms with Crippen LogP contribution < -0.4 is 5.73 Å². The normalized spacial score (nSPS) is 15.6. The van der Waals surface area contributed by atoms with Crippen molar-refractivity contribution in [1.82, 2.24) is 14.5 Å². The maximum atomic E-state index is 5.58. The molecule has 0 amide bonds. The van der Waals surface area contributed by atoms with Crippen molar-refractivity contribution in [2.75, 3.05) is 20.1 Å². The van der Waals surface area contributed by atoms with E-state index in [2.05, 4.69) is 41.6 Å². The Hall–Kier alpha value is -1.39. The molecule has 0 spiro atoms. The van der Waals surface area contributed by atoms with E-state index in [0.717, 1.165) is 24.4 Å². The van der Waals surface area contributed by atoms with Gasteiger partial charge in [-0.25, -0.2) is 4.98 Å². The summed E-state index contributed by atoms with van der Waals surface area (Å²) in [6, 6.07) is 7.35. The van der Waals surface area contributed by atoms with Crippen molar-refractivity contribution < 1.29 is 0 Å². The average molecular weight is 258 g/mol. The Bertz CT molecular complexity index is 583. The highest BCUT2D eigenvalue weighted by Crippen LogP contribution is 2.38. The summed E-state index contributed by atoms with van der Waals surface area (Å²) in [5.74, 6) is 1.14. The van der Waals surface area contributed by atoms with Gasteiger partial charge in [-0.1, -0.05) is 6.07 Å². The lowest BCUT2D eigenvalue weighted by molar-refractivity contribution is 0.336. The van der Waals surface area contributed by atoms with E-state index in [0.29, 0.717) is 12.6 Å². The van der Waals surface area contributed by atoms with E-state index in [1.54, 1.807) is 0 Å². The summed E-state index contributed by atoms with van der Waals surface area (Å²) in [5.41, 5.74) is 9.30. The van der Waals surface area contributed by atoms with Crippen LogP contribution in [0.3, 0.4) is 0 Å². The fourth-order valence-corrected chi connectivity index (χ4v) is 2.77. The standard InChI is InChI=1S/C15H22N4/c1-11-17-14-9-12(10-18(2)8-7-16)3-6-15(14)19(11)13-4-5-13/h3,6,9,13H,4-5,7-8,10,16H2,1-2H3. The van der Waals surface area contributed by atoms with Gasteiger partial charge >= 0.3 is 0 Å². The SMILES string of the molecule is Cc1nc2cc(CN(C)CCN)ccc2n1C1CC1. The van der Waals surface area contributed by atoms with Crippen molar-refractivity contribution in [3.8, 4) is 0 Å². The minimum absolute atomic E-state index is 0.691. The zero-order chi connectivity index (χ0) is 13.4. The Labute approximate surface area is 114 Å². The molecule has 1 aliphatic carbocycles. The topological polar surface area (TPSA) is 47.1 Å². The molecule has 0 aliphatic heterocycles. The number of hydrogen-bond donors (Lipinski definition) is 1. The van der Waals surface area contributed by atoms with Crippen LogP contribution in [-0.4, -0.2) is 34.6 Å². The van der Waals surface area contributed by atoms with Gasteiger partial charge in [-0.15, -0.1) is 0 Å². The molecule has 0 atom stereocenters. The molecular formula is C15H22N4. The maximum absolute atomic E-state index is 5.58. The van der Waals surface area contributed by atoms with Crippen LogP contribution in [0.25, 0.3) is 11.0 Å². The second kappa shape index (κ2) is 4.94. The summed E-state index contributed by atoms with van der Waals surface area (Å²) < 4.78 is 2.39. The fraction of sp³-hybridized carbons (Fsp3) is 0.533. The monoisotopic (exact) mass is 258 g/mol. The minimum Gasteiger partial charge on any atom is -0.329 e. The number of fused-ring (bicyclic) bond motifs is 1. The Morgan fingerprint density at radius 3 is 2.89 bits per heavy atom. The Morgan fingerprint density at radius 2 is 2.21 bits per heavy atom. The molecule has 1 saturated carbocycles. The first-order valence-corrected chi connectivity index (χ1v) is 7.05. The van der Waals surface area contributed by atoms with E-state index >= 15 is 0 Å². The number of likely N-dealkylation sites (N-methyl/N-ethyl adjacent to an activating group) is 1. The minimum atomic E-state index is 0.691. The summed E-state index contributed by atoms with van der Waals surface area (Å²) in [4.78, 5) is 6.95. The van der Waals surface area contributed by atoms with E-state index in [9.17, 15) is 0 Å². The molecule has 2 N–H and O–H groups in total. The van der Waals surface area contributed by atoms with Crippen molar-refractivity contribution in [2.45, 2.75) is 32.4 Å². The van der Waals surface area contributed by atoms with Crippen LogP contribution in [0.5, 0.6) is 0 Å². The maximum Gasteiger partial charge on any atom is 0.106 e. The Morgan fingerprint density at radius 1 is 1.42 bits per heavy atom. The third-order valence-corrected chi connectivity index (χ3v) is 3.81. The molecule has 4 nitrogen and oxygen atoms in total.